The molecule has 2 N–H and O–H groups in total. The normalized spacial score (nSPS) is 19.5. The predicted molar refractivity (Wildman–Crippen MR) is 87.3 cm³/mol. The van der Waals surface area contributed by atoms with Crippen LogP contribution in [-0.4, -0.2) is 55.2 Å². The van der Waals surface area contributed by atoms with Gasteiger partial charge in [-0.1, -0.05) is 11.6 Å². The van der Waals surface area contributed by atoms with Gasteiger partial charge in [-0.05, 0) is 38.6 Å². The molecular formula is C17H23N3O2. The van der Waals surface area contributed by atoms with Crippen LogP contribution < -0.4 is 5.32 Å². The van der Waals surface area contributed by atoms with E-state index < -0.39 is 0 Å². The second-order valence-electron chi connectivity index (χ2n) is 6.14. The number of ether oxygens (including phenoxy) is 1. The number of nitrogens with one attached hydrogen (secondary N) is 2. The zero-order valence-electron chi connectivity index (χ0n) is 13.4. The number of benzene rings is 1. The van der Waals surface area contributed by atoms with Gasteiger partial charge in [0.1, 0.15) is 5.69 Å². The molecule has 1 aliphatic heterocycles. The summed E-state index contributed by atoms with van der Waals surface area (Å²) in [6.07, 6.45) is 0.0645. The van der Waals surface area contributed by atoms with Crippen LogP contribution in [0.4, 0.5) is 0 Å². The largest absolute Gasteiger partial charge is 0.374 e. The Bertz CT molecular complexity index is 693. The lowest BCUT2D eigenvalue weighted by atomic mass is 10.1. The smallest absolute Gasteiger partial charge is 0.268 e. The SMILES string of the molecule is Cc1ccc2[nH]c(C(=O)NCC3CN(C)CCO3)c(C)c2c1. The average Bonchev–Trinajstić information content (AvgIpc) is 2.82. The lowest BCUT2D eigenvalue weighted by Crippen LogP contribution is -2.46. The minimum Gasteiger partial charge on any atom is -0.374 e. The monoisotopic (exact) mass is 301 g/mol. The number of carbonyl (C=O) groups excluding carboxylic acids is 1. The second-order valence-corrected chi connectivity index (χ2v) is 6.14. The Hall–Kier alpha value is -1.85. The van der Waals surface area contributed by atoms with Crippen LogP contribution in [0.25, 0.3) is 10.9 Å². The molecule has 1 unspecified atom stereocenters. The minimum absolute atomic E-state index is 0.0645. The van der Waals surface area contributed by atoms with Crippen molar-refractivity contribution in [2.75, 3.05) is 33.3 Å². The molecule has 0 aliphatic carbocycles. The van der Waals surface area contributed by atoms with Crippen molar-refractivity contribution < 1.29 is 9.53 Å². The number of aromatic amines is 1. The van der Waals surface area contributed by atoms with Crippen molar-refractivity contribution in [3.63, 3.8) is 0 Å². The van der Waals surface area contributed by atoms with E-state index in [2.05, 4.69) is 35.2 Å². The lowest BCUT2D eigenvalue weighted by Gasteiger charge is -2.30. The van der Waals surface area contributed by atoms with E-state index in [4.69, 9.17) is 4.74 Å². The first-order valence-electron chi connectivity index (χ1n) is 7.72. The molecule has 1 aromatic heterocycles. The maximum atomic E-state index is 12.4. The Balaban J connectivity index is 1.71. The van der Waals surface area contributed by atoms with E-state index in [-0.39, 0.29) is 12.0 Å². The third-order valence-corrected chi connectivity index (χ3v) is 4.27. The Morgan fingerprint density at radius 2 is 2.27 bits per heavy atom. The van der Waals surface area contributed by atoms with Crippen molar-refractivity contribution in [1.29, 1.82) is 0 Å². The lowest BCUT2D eigenvalue weighted by molar-refractivity contribution is -0.0175. The van der Waals surface area contributed by atoms with Crippen molar-refractivity contribution in [2.45, 2.75) is 20.0 Å². The number of aryl methyl sites for hydroxylation is 2. The number of aromatic nitrogens is 1. The first-order valence-corrected chi connectivity index (χ1v) is 7.72. The molecule has 1 fully saturated rings. The molecule has 3 rings (SSSR count). The molecule has 1 amide bonds. The molecule has 2 heterocycles. The number of rotatable bonds is 3. The highest BCUT2D eigenvalue weighted by atomic mass is 16.5. The van der Waals surface area contributed by atoms with Crippen molar-refractivity contribution in [1.82, 2.24) is 15.2 Å². The first kappa shape index (κ1) is 15.1. The first-order chi connectivity index (χ1) is 10.5. The third-order valence-electron chi connectivity index (χ3n) is 4.27. The summed E-state index contributed by atoms with van der Waals surface area (Å²) in [5.74, 6) is -0.0665. The molecule has 5 heteroatoms. The second kappa shape index (κ2) is 6.10. The Labute approximate surface area is 130 Å². The molecule has 0 bridgehead atoms. The van der Waals surface area contributed by atoms with Crippen molar-refractivity contribution in [3.05, 3.63) is 35.0 Å². The number of hydrogen-bond acceptors (Lipinski definition) is 3. The van der Waals surface area contributed by atoms with Crippen molar-refractivity contribution in [3.8, 4) is 0 Å². The van der Waals surface area contributed by atoms with Crippen LogP contribution in [0.1, 0.15) is 21.6 Å². The zero-order chi connectivity index (χ0) is 15.7. The number of likely N-dealkylation sites (N-methyl/N-ethyl adjacent to an activating group) is 1. The summed E-state index contributed by atoms with van der Waals surface area (Å²) in [4.78, 5) is 17.9. The van der Waals surface area contributed by atoms with Gasteiger partial charge in [-0.3, -0.25) is 4.79 Å². The summed E-state index contributed by atoms with van der Waals surface area (Å²) in [5, 5.41) is 4.09. The van der Waals surface area contributed by atoms with Crippen LogP contribution in [0.15, 0.2) is 18.2 Å². The maximum absolute atomic E-state index is 12.4. The van der Waals surface area contributed by atoms with Crippen LogP contribution in [0, 0.1) is 13.8 Å². The zero-order valence-corrected chi connectivity index (χ0v) is 13.4. The van der Waals surface area contributed by atoms with E-state index in [0.29, 0.717) is 12.2 Å². The maximum Gasteiger partial charge on any atom is 0.268 e. The molecule has 1 atom stereocenters. The highest BCUT2D eigenvalue weighted by molar-refractivity contribution is 6.01. The standard InChI is InChI=1S/C17H23N3O2/c1-11-4-5-15-14(8-11)12(2)16(19-15)17(21)18-9-13-10-20(3)6-7-22-13/h4-5,8,13,19H,6-7,9-10H2,1-3H3,(H,18,21). The van der Waals surface area contributed by atoms with Crippen LogP contribution in [0.3, 0.4) is 0 Å². The summed E-state index contributed by atoms with van der Waals surface area (Å²) >= 11 is 0. The van der Waals surface area contributed by atoms with Crippen molar-refractivity contribution >= 4 is 16.8 Å². The predicted octanol–water partition coefficient (Wildman–Crippen LogP) is 1.85. The van der Waals surface area contributed by atoms with Crippen LogP contribution >= 0.6 is 0 Å². The van der Waals surface area contributed by atoms with Crippen molar-refractivity contribution in [2.24, 2.45) is 0 Å². The van der Waals surface area contributed by atoms with Crippen LogP contribution in [0.2, 0.25) is 0 Å². The summed E-state index contributed by atoms with van der Waals surface area (Å²) in [6, 6.07) is 6.18. The van der Waals surface area contributed by atoms with Gasteiger partial charge in [0.2, 0.25) is 0 Å². The van der Waals surface area contributed by atoms with E-state index in [0.717, 1.165) is 36.2 Å². The van der Waals surface area contributed by atoms with E-state index in [1.54, 1.807) is 0 Å². The summed E-state index contributed by atoms with van der Waals surface area (Å²) < 4.78 is 5.67. The number of carbonyl (C=O) groups is 1. The van der Waals surface area contributed by atoms with Gasteiger partial charge in [-0.25, -0.2) is 0 Å². The molecule has 0 spiro atoms. The Morgan fingerprint density at radius 3 is 3.05 bits per heavy atom. The highest BCUT2D eigenvalue weighted by Crippen LogP contribution is 2.22. The fourth-order valence-corrected chi connectivity index (χ4v) is 2.95. The number of morpholine rings is 1. The number of H-pyrrole nitrogens is 1. The number of nitrogens with zero attached hydrogens (tertiary/aromatic N) is 1. The van der Waals surface area contributed by atoms with Gasteiger partial charge in [0.25, 0.3) is 5.91 Å². The molecule has 0 radical (unpaired) electrons. The summed E-state index contributed by atoms with van der Waals surface area (Å²) in [6.45, 7) is 7.11. The number of fused-ring (bicyclic) bond motifs is 1. The molecule has 118 valence electrons. The van der Waals surface area contributed by atoms with Gasteiger partial charge in [0.15, 0.2) is 0 Å². The molecule has 22 heavy (non-hydrogen) atoms. The van der Waals surface area contributed by atoms with E-state index in [1.807, 2.05) is 19.1 Å². The fourth-order valence-electron chi connectivity index (χ4n) is 2.95. The van der Waals surface area contributed by atoms with Gasteiger partial charge in [-0.15, -0.1) is 0 Å². The topological polar surface area (TPSA) is 57.4 Å². The summed E-state index contributed by atoms with van der Waals surface area (Å²) in [5.41, 5.74) is 3.84. The quantitative estimate of drug-likeness (QED) is 0.909. The molecule has 2 aromatic rings. The number of hydrogen-bond donors (Lipinski definition) is 2. The van der Waals surface area contributed by atoms with Gasteiger partial charge in [-0.2, -0.15) is 0 Å². The molecule has 1 aromatic carbocycles. The molecular weight excluding hydrogens is 278 g/mol. The van der Waals surface area contributed by atoms with Crippen LogP contribution in [-0.2, 0) is 4.74 Å². The molecule has 1 saturated heterocycles. The van der Waals surface area contributed by atoms with Gasteiger partial charge in [0, 0.05) is 30.5 Å². The third kappa shape index (κ3) is 3.00. The Kier molecular flexibility index (Phi) is 4.18. The Morgan fingerprint density at radius 1 is 1.45 bits per heavy atom. The minimum atomic E-state index is -0.0665. The van der Waals surface area contributed by atoms with E-state index in [1.165, 1.54) is 5.56 Å². The number of amides is 1. The van der Waals surface area contributed by atoms with Gasteiger partial charge in [0.05, 0.1) is 12.7 Å². The van der Waals surface area contributed by atoms with E-state index in [9.17, 15) is 4.79 Å². The molecule has 1 aliphatic rings. The molecule has 5 nitrogen and oxygen atoms in total. The fraction of sp³-hybridized carbons (Fsp3) is 0.471. The van der Waals surface area contributed by atoms with Crippen LogP contribution in [0.5, 0.6) is 0 Å². The van der Waals surface area contributed by atoms with Gasteiger partial charge >= 0.3 is 0 Å². The average molecular weight is 301 g/mol. The van der Waals surface area contributed by atoms with Gasteiger partial charge < -0.3 is 19.9 Å². The van der Waals surface area contributed by atoms with E-state index >= 15 is 0 Å². The summed E-state index contributed by atoms with van der Waals surface area (Å²) in [7, 11) is 2.07. The highest BCUT2D eigenvalue weighted by Gasteiger charge is 2.20. The molecule has 0 saturated carbocycles.